The van der Waals surface area contributed by atoms with E-state index < -0.39 is 39.0 Å². The maximum absolute atomic E-state index is 13.0. The SMILES string of the molecule is CCc1ccc([C@@H]2[C@@H](S(=O)(=O)c3ccccc3)[C@@]2(CO)C(=O)O)cc1. The first-order valence-electron chi connectivity index (χ1n) is 8.11. The van der Waals surface area contributed by atoms with Crippen LogP contribution in [0.5, 0.6) is 0 Å². The molecule has 0 unspecified atom stereocenters. The molecule has 1 fully saturated rings. The van der Waals surface area contributed by atoms with Gasteiger partial charge in [-0.25, -0.2) is 8.42 Å². The number of hydrogen-bond acceptors (Lipinski definition) is 4. The number of benzene rings is 2. The Hall–Kier alpha value is -2.18. The molecular formula is C19H20O5S. The van der Waals surface area contributed by atoms with Gasteiger partial charge in [0.25, 0.3) is 0 Å². The maximum atomic E-state index is 13.0. The average Bonchev–Trinajstić information content (AvgIpc) is 3.34. The number of hydrogen-bond donors (Lipinski definition) is 2. The summed E-state index contributed by atoms with van der Waals surface area (Å²) in [4.78, 5) is 12.0. The van der Waals surface area contributed by atoms with Crippen molar-refractivity contribution in [2.45, 2.75) is 29.4 Å². The van der Waals surface area contributed by atoms with E-state index in [9.17, 15) is 23.4 Å². The predicted molar refractivity (Wildman–Crippen MR) is 93.1 cm³/mol. The predicted octanol–water partition coefficient (Wildman–Crippen LogP) is 2.25. The number of aliphatic carboxylic acids is 1. The minimum Gasteiger partial charge on any atom is -0.481 e. The molecule has 0 amide bonds. The van der Waals surface area contributed by atoms with Crippen molar-refractivity contribution in [3.05, 3.63) is 65.7 Å². The Morgan fingerprint density at radius 3 is 2.16 bits per heavy atom. The fourth-order valence-corrected chi connectivity index (χ4v) is 5.95. The molecule has 0 radical (unpaired) electrons. The number of aliphatic hydroxyl groups excluding tert-OH is 1. The van der Waals surface area contributed by atoms with Gasteiger partial charge in [-0.1, -0.05) is 49.4 Å². The van der Waals surface area contributed by atoms with Crippen molar-refractivity contribution in [1.29, 1.82) is 0 Å². The van der Waals surface area contributed by atoms with Crippen LogP contribution in [-0.2, 0) is 21.1 Å². The zero-order chi connectivity index (χ0) is 18.2. The Bertz CT molecular complexity index is 874. The maximum Gasteiger partial charge on any atom is 0.314 e. The number of carboxylic acid groups (broad SMARTS) is 1. The molecule has 0 bridgehead atoms. The Morgan fingerprint density at radius 1 is 1.08 bits per heavy atom. The molecule has 0 aromatic heterocycles. The molecule has 0 spiro atoms. The van der Waals surface area contributed by atoms with E-state index in [-0.39, 0.29) is 4.90 Å². The Balaban J connectivity index is 2.08. The quantitative estimate of drug-likeness (QED) is 0.824. The molecule has 1 aliphatic carbocycles. The lowest BCUT2D eigenvalue weighted by atomic mass is 9.99. The van der Waals surface area contributed by atoms with Gasteiger partial charge in [-0.3, -0.25) is 4.79 Å². The van der Waals surface area contributed by atoms with Crippen LogP contribution in [0.25, 0.3) is 0 Å². The third-order valence-corrected chi connectivity index (χ3v) is 7.36. The van der Waals surface area contributed by atoms with E-state index in [0.29, 0.717) is 5.56 Å². The Labute approximate surface area is 146 Å². The molecule has 132 valence electrons. The van der Waals surface area contributed by atoms with Gasteiger partial charge in [0.15, 0.2) is 9.84 Å². The molecule has 2 aromatic carbocycles. The molecule has 1 saturated carbocycles. The summed E-state index contributed by atoms with van der Waals surface area (Å²) in [5.41, 5.74) is -0.00229. The van der Waals surface area contributed by atoms with Crippen LogP contribution in [0.4, 0.5) is 0 Å². The molecule has 1 aliphatic rings. The molecular weight excluding hydrogens is 340 g/mol. The van der Waals surface area contributed by atoms with Crippen LogP contribution in [0.2, 0.25) is 0 Å². The van der Waals surface area contributed by atoms with Gasteiger partial charge in [0, 0.05) is 5.92 Å². The van der Waals surface area contributed by atoms with E-state index in [2.05, 4.69) is 0 Å². The van der Waals surface area contributed by atoms with E-state index in [4.69, 9.17) is 0 Å². The van der Waals surface area contributed by atoms with Crippen LogP contribution in [0, 0.1) is 5.41 Å². The van der Waals surface area contributed by atoms with Crippen molar-refractivity contribution in [2.24, 2.45) is 5.41 Å². The van der Waals surface area contributed by atoms with Crippen molar-refractivity contribution in [1.82, 2.24) is 0 Å². The molecule has 3 rings (SSSR count). The number of aliphatic hydroxyl groups is 1. The summed E-state index contributed by atoms with van der Waals surface area (Å²) in [5.74, 6) is -2.06. The first-order chi connectivity index (χ1) is 11.9. The summed E-state index contributed by atoms with van der Waals surface area (Å²) in [6.07, 6.45) is 0.834. The minimum absolute atomic E-state index is 0.0757. The molecule has 5 nitrogen and oxygen atoms in total. The summed E-state index contributed by atoms with van der Waals surface area (Å²) in [5, 5.41) is 18.3. The number of aryl methyl sites for hydroxylation is 1. The van der Waals surface area contributed by atoms with Crippen LogP contribution in [0.15, 0.2) is 59.5 Å². The highest BCUT2D eigenvalue weighted by atomic mass is 32.2. The largest absolute Gasteiger partial charge is 0.481 e. The molecule has 0 saturated heterocycles. The smallest absolute Gasteiger partial charge is 0.314 e. The van der Waals surface area contributed by atoms with Crippen molar-refractivity contribution in [3.8, 4) is 0 Å². The van der Waals surface area contributed by atoms with Gasteiger partial charge in [0.05, 0.1) is 16.8 Å². The van der Waals surface area contributed by atoms with E-state index in [1.54, 1.807) is 30.3 Å². The van der Waals surface area contributed by atoms with Crippen LogP contribution >= 0.6 is 0 Å². The number of sulfone groups is 1. The average molecular weight is 360 g/mol. The topological polar surface area (TPSA) is 91.7 Å². The van der Waals surface area contributed by atoms with E-state index in [1.807, 2.05) is 19.1 Å². The second-order valence-electron chi connectivity index (χ2n) is 6.36. The van der Waals surface area contributed by atoms with Gasteiger partial charge in [-0.15, -0.1) is 0 Å². The summed E-state index contributed by atoms with van der Waals surface area (Å²) in [7, 11) is -3.88. The monoisotopic (exact) mass is 360 g/mol. The highest BCUT2D eigenvalue weighted by molar-refractivity contribution is 7.92. The third-order valence-electron chi connectivity index (χ3n) is 5.07. The lowest BCUT2D eigenvalue weighted by Crippen LogP contribution is -2.27. The van der Waals surface area contributed by atoms with Crippen LogP contribution in [0.3, 0.4) is 0 Å². The number of rotatable bonds is 6. The molecule has 3 atom stereocenters. The number of carbonyl (C=O) groups is 1. The van der Waals surface area contributed by atoms with Crippen molar-refractivity contribution in [3.63, 3.8) is 0 Å². The standard InChI is InChI=1S/C19H20O5S/c1-2-13-8-10-14(11-9-13)16-17(19(16,12-20)18(21)22)25(23,24)15-6-4-3-5-7-15/h3-11,16-17,20H,2,12H2,1H3,(H,21,22)/t16-,17-,19+/m1/s1. The van der Waals surface area contributed by atoms with Crippen molar-refractivity contribution in [2.75, 3.05) is 6.61 Å². The molecule has 6 heteroatoms. The summed E-state index contributed by atoms with van der Waals surface area (Å²) >= 11 is 0. The number of carboxylic acids is 1. The molecule has 2 aromatic rings. The fourth-order valence-electron chi connectivity index (χ4n) is 3.56. The lowest BCUT2D eigenvalue weighted by Gasteiger charge is -2.09. The fraction of sp³-hybridized carbons (Fsp3) is 0.316. The van der Waals surface area contributed by atoms with E-state index in [0.717, 1.165) is 12.0 Å². The van der Waals surface area contributed by atoms with Crippen LogP contribution < -0.4 is 0 Å². The highest BCUT2D eigenvalue weighted by Gasteiger charge is 2.75. The van der Waals surface area contributed by atoms with Crippen molar-refractivity contribution >= 4 is 15.8 Å². The van der Waals surface area contributed by atoms with Gasteiger partial charge in [-0.05, 0) is 29.7 Å². The summed E-state index contributed by atoms with van der Waals surface area (Å²) in [6, 6.07) is 15.1. The Morgan fingerprint density at radius 2 is 1.68 bits per heavy atom. The second-order valence-corrected chi connectivity index (χ2v) is 8.42. The van der Waals surface area contributed by atoms with Gasteiger partial charge < -0.3 is 10.2 Å². The Kier molecular flexibility index (Phi) is 4.43. The minimum atomic E-state index is -3.88. The molecule has 2 N–H and O–H groups in total. The van der Waals surface area contributed by atoms with Crippen LogP contribution in [0.1, 0.15) is 24.0 Å². The van der Waals surface area contributed by atoms with Crippen molar-refractivity contribution < 1.29 is 23.4 Å². The molecule has 0 aliphatic heterocycles. The highest BCUT2D eigenvalue weighted by Crippen LogP contribution is 2.64. The van der Waals surface area contributed by atoms with E-state index >= 15 is 0 Å². The zero-order valence-corrected chi connectivity index (χ0v) is 14.6. The van der Waals surface area contributed by atoms with Gasteiger partial charge in [0.2, 0.25) is 0 Å². The first-order valence-corrected chi connectivity index (χ1v) is 9.66. The van der Waals surface area contributed by atoms with Gasteiger partial charge >= 0.3 is 5.97 Å². The second kappa shape index (κ2) is 6.28. The van der Waals surface area contributed by atoms with Gasteiger partial charge in [0.1, 0.15) is 5.41 Å². The normalized spacial score (nSPS) is 25.5. The molecule has 25 heavy (non-hydrogen) atoms. The third kappa shape index (κ3) is 2.65. The van der Waals surface area contributed by atoms with Crippen LogP contribution in [-0.4, -0.2) is 36.5 Å². The molecule has 0 heterocycles. The first kappa shape index (κ1) is 17.6. The van der Waals surface area contributed by atoms with E-state index in [1.165, 1.54) is 12.1 Å². The lowest BCUT2D eigenvalue weighted by molar-refractivity contribution is -0.145. The summed E-state index contributed by atoms with van der Waals surface area (Å²) < 4.78 is 26.0. The van der Waals surface area contributed by atoms with Gasteiger partial charge in [-0.2, -0.15) is 0 Å². The summed E-state index contributed by atoms with van der Waals surface area (Å²) in [6.45, 7) is 1.28. The zero-order valence-electron chi connectivity index (χ0n) is 13.8.